The van der Waals surface area contributed by atoms with Gasteiger partial charge >= 0.3 is 0 Å². The van der Waals surface area contributed by atoms with Crippen LogP contribution in [0.2, 0.25) is 0 Å². The van der Waals surface area contributed by atoms with Crippen LogP contribution in [0.25, 0.3) is 0 Å². The van der Waals surface area contributed by atoms with E-state index in [1.807, 2.05) is 0 Å². The Kier molecular flexibility index (Phi) is 2.70. The average molecular weight is 129 g/mol. The number of carbonyl (C=O) groups is 1. The summed E-state index contributed by atoms with van der Waals surface area (Å²) in [5, 5.41) is 0. The van der Waals surface area contributed by atoms with Gasteiger partial charge in [-0.2, -0.15) is 0 Å². The normalized spacial score (nSPS) is 12.2. The number of aliphatic imine (C=N–C) groups is 1. The maximum absolute atomic E-state index is 10.5. The minimum Gasteiger partial charge on any atom is -0.370 e. The number of nitrogens with two attached hydrogens (primary N) is 2. The predicted molar refractivity (Wildman–Crippen MR) is 36.0 cm³/mol. The first-order valence-electron chi connectivity index (χ1n) is 2.63. The van der Waals surface area contributed by atoms with Gasteiger partial charge < -0.3 is 11.5 Å². The van der Waals surface area contributed by atoms with Gasteiger partial charge in [0.15, 0.2) is 11.7 Å². The molecule has 0 spiro atoms. The summed E-state index contributed by atoms with van der Waals surface area (Å²) in [5.41, 5.74) is 10.0. The van der Waals surface area contributed by atoms with Gasteiger partial charge in [-0.05, 0) is 13.8 Å². The molecule has 4 nitrogen and oxygen atoms in total. The van der Waals surface area contributed by atoms with E-state index in [1.54, 1.807) is 6.92 Å². The van der Waals surface area contributed by atoms with Crippen LogP contribution < -0.4 is 11.5 Å². The zero-order chi connectivity index (χ0) is 7.44. The number of Topliss-reactive ketones (excluding diaryl/α,β-unsaturated/α-hetero) is 1. The number of ketones is 1. The number of nitrogens with zero attached hydrogens (tertiary/aromatic N) is 1. The maximum Gasteiger partial charge on any atom is 0.186 e. The highest BCUT2D eigenvalue weighted by atomic mass is 16.1. The van der Waals surface area contributed by atoms with Crippen molar-refractivity contribution in [3.05, 3.63) is 0 Å². The fourth-order valence-electron chi connectivity index (χ4n) is 0.315. The topological polar surface area (TPSA) is 81.5 Å². The lowest BCUT2D eigenvalue weighted by Gasteiger charge is -1.98. The number of hydrogen-bond donors (Lipinski definition) is 2. The van der Waals surface area contributed by atoms with Crippen molar-refractivity contribution < 1.29 is 4.79 Å². The highest BCUT2D eigenvalue weighted by Crippen LogP contribution is 1.88. The van der Waals surface area contributed by atoms with E-state index >= 15 is 0 Å². The van der Waals surface area contributed by atoms with Crippen molar-refractivity contribution in [2.75, 3.05) is 0 Å². The molecular weight excluding hydrogens is 118 g/mol. The second kappa shape index (κ2) is 3.06. The minimum absolute atomic E-state index is 0.0385. The quantitative estimate of drug-likeness (QED) is 0.379. The lowest BCUT2D eigenvalue weighted by molar-refractivity contribution is -0.117. The average Bonchev–Trinajstić information content (AvgIpc) is 1.63. The van der Waals surface area contributed by atoms with Gasteiger partial charge in [0.1, 0.15) is 6.04 Å². The Labute approximate surface area is 53.9 Å². The molecule has 9 heavy (non-hydrogen) atoms. The monoisotopic (exact) mass is 129 g/mol. The summed E-state index contributed by atoms with van der Waals surface area (Å²) >= 11 is 0. The van der Waals surface area contributed by atoms with E-state index in [2.05, 4.69) is 4.99 Å². The number of carbonyl (C=O) groups excluding carboxylic acids is 1. The standard InChI is InChI=1S/C5H11N3O/c1-3(4(2)9)8-5(6)7/h3H,1-2H3,(H4,6,7,8). The smallest absolute Gasteiger partial charge is 0.186 e. The van der Waals surface area contributed by atoms with Gasteiger partial charge in [-0.3, -0.25) is 4.79 Å². The van der Waals surface area contributed by atoms with Gasteiger partial charge in [0, 0.05) is 0 Å². The summed E-state index contributed by atoms with van der Waals surface area (Å²) in [6.07, 6.45) is 0. The van der Waals surface area contributed by atoms with Crippen molar-refractivity contribution in [2.45, 2.75) is 19.9 Å². The highest BCUT2D eigenvalue weighted by Gasteiger charge is 2.03. The fraction of sp³-hybridized carbons (Fsp3) is 0.600. The highest BCUT2D eigenvalue weighted by molar-refractivity contribution is 5.85. The van der Waals surface area contributed by atoms with E-state index in [4.69, 9.17) is 11.5 Å². The molecule has 0 aliphatic heterocycles. The molecule has 0 amide bonds. The van der Waals surface area contributed by atoms with E-state index in [1.165, 1.54) is 6.92 Å². The van der Waals surface area contributed by atoms with E-state index in [0.717, 1.165) is 0 Å². The SMILES string of the molecule is CC(=O)C(C)N=C(N)N. The molecule has 0 aromatic rings. The molecule has 0 aliphatic carbocycles. The maximum atomic E-state index is 10.5. The van der Waals surface area contributed by atoms with Crippen molar-refractivity contribution >= 4 is 11.7 Å². The molecule has 0 aromatic carbocycles. The molecule has 0 saturated carbocycles. The van der Waals surface area contributed by atoms with Crippen LogP contribution >= 0.6 is 0 Å². The Morgan fingerprint density at radius 1 is 1.56 bits per heavy atom. The minimum atomic E-state index is -0.407. The second-order valence-electron chi connectivity index (χ2n) is 1.84. The Morgan fingerprint density at radius 3 is 2.11 bits per heavy atom. The van der Waals surface area contributed by atoms with Crippen LogP contribution in [-0.2, 0) is 4.79 Å². The molecule has 0 aromatic heterocycles. The zero-order valence-electron chi connectivity index (χ0n) is 5.59. The molecule has 4 heteroatoms. The zero-order valence-corrected chi connectivity index (χ0v) is 5.59. The summed E-state index contributed by atoms with van der Waals surface area (Å²) < 4.78 is 0. The van der Waals surface area contributed by atoms with Crippen molar-refractivity contribution in [1.82, 2.24) is 0 Å². The molecule has 0 radical (unpaired) electrons. The Morgan fingerprint density at radius 2 is 2.00 bits per heavy atom. The Hall–Kier alpha value is -1.06. The molecule has 1 unspecified atom stereocenters. The van der Waals surface area contributed by atoms with E-state index < -0.39 is 6.04 Å². The summed E-state index contributed by atoms with van der Waals surface area (Å²) in [4.78, 5) is 14.1. The van der Waals surface area contributed by atoms with Gasteiger partial charge in [0.25, 0.3) is 0 Å². The molecule has 0 rings (SSSR count). The first kappa shape index (κ1) is 7.94. The van der Waals surface area contributed by atoms with Gasteiger partial charge in [-0.1, -0.05) is 0 Å². The fourth-order valence-corrected chi connectivity index (χ4v) is 0.315. The molecule has 0 saturated heterocycles. The van der Waals surface area contributed by atoms with Crippen molar-refractivity contribution in [1.29, 1.82) is 0 Å². The van der Waals surface area contributed by atoms with Crippen molar-refractivity contribution in [2.24, 2.45) is 16.5 Å². The van der Waals surface area contributed by atoms with Gasteiger partial charge in [0.05, 0.1) is 0 Å². The predicted octanol–water partition coefficient (Wildman–Crippen LogP) is -0.763. The molecule has 1 atom stereocenters. The van der Waals surface area contributed by atoms with E-state index in [0.29, 0.717) is 0 Å². The van der Waals surface area contributed by atoms with Crippen LogP contribution in [0.3, 0.4) is 0 Å². The second-order valence-corrected chi connectivity index (χ2v) is 1.84. The third kappa shape index (κ3) is 3.52. The lowest BCUT2D eigenvalue weighted by atomic mass is 10.2. The van der Waals surface area contributed by atoms with E-state index in [9.17, 15) is 4.79 Å². The number of rotatable bonds is 2. The van der Waals surface area contributed by atoms with Gasteiger partial charge in [-0.15, -0.1) is 0 Å². The first-order valence-corrected chi connectivity index (χ1v) is 2.63. The van der Waals surface area contributed by atoms with Crippen LogP contribution in [0.4, 0.5) is 0 Å². The van der Waals surface area contributed by atoms with Crippen LogP contribution in [-0.4, -0.2) is 17.8 Å². The van der Waals surface area contributed by atoms with Gasteiger partial charge in [0.2, 0.25) is 0 Å². The Bertz CT molecular complexity index is 137. The van der Waals surface area contributed by atoms with Gasteiger partial charge in [-0.25, -0.2) is 4.99 Å². The van der Waals surface area contributed by atoms with E-state index in [-0.39, 0.29) is 11.7 Å². The van der Waals surface area contributed by atoms with Crippen molar-refractivity contribution in [3.63, 3.8) is 0 Å². The number of guanidine groups is 1. The molecule has 0 heterocycles. The first-order chi connectivity index (χ1) is 4.04. The molecule has 0 aliphatic rings. The summed E-state index contributed by atoms with van der Waals surface area (Å²) in [5.74, 6) is -0.0823. The molecular formula is C5H11N3O. The molecule has 4 N–H and O–H groups in total. The van der Waals surface area contributed by atoms with Crippen LogP contribution in [0.5, 0.6) is 0 Å². The van der Waals surface area contributed by atoms with Crippen LogP contribution in [0, 0.1) is 0 Å². The van der Waals surface area contributed by atoms with Crippen LogP contribution in [0.15, 0.2) is 4.99 Å². The third-order valence-corrected chi connectivity index (χ3v) is 0.931. The summed E-state index contributed by atoms with van der Waals surface area (Å²) in [7, 11) is 0. The molecule has 52 valence electrons. The summed E-state index contributed by atoms with van der Waals surface area (Å²) in [6.45, 7) is 3.08. The largest absolute Gasteiger partial charge is 0.370 e. The lowest BCUT2D eigenvalue weighted by Crippen LogP contribution is -2.26. The third-order valence-electron chi connectivity index (χ3n) is 0.931. The van der Waals surface area contributed by atoms with Crippen LogP contribution in [0.1, 0.15) is 13.8 Å². The molecule has 0 bridgehead atoms. The van der Waals surface area contributed by atoms with Crippen molar-refractivity contribution in [3.8, 4) is 0 Å². The summed E-state index contributed by atoms with van der Waals surface area (Å²) in [6, 6.07) is -0.407. The molecule has 0 fully saturated rings. The number of hydrogen-bond acceptors (Lipinski definition) is 2. The Balaban J connectivity index is 3.91.